The number of rotatable bonds is 4. The van der Waals surface area contributed by atoms with Crippen LogP contribution in [0.1, 0.15) is 48.0 Å². The molecule has 0 aliphatic rings. The van der Waals surface area contributed by atoms with Crippen LogP contribution in [0.15, 0.2) is 0 Å². The summed E-state index contributed by atoms with van der Waals surface area (Å²) in [6.45, 7) is 12.2. The van der Waals surface area contributed by atoms with Crippen molar-refractivity contribution in [2.24, 2.45) is 10.8 Å². The number of carbonyl (C=O) groups excluding carboxylic acids is 1. The molecule has 0 N–H and O–H groups in total. The van der Waals surface area contributed by atoms with E-state index in [0.717, 1.165) is 12.7 Å². The fourth-order valence-electron chi connectivity index (χ4n) is 1.72. The third-order valence-electron chi connectivity index (χ3n) is 1.88. The molecule has 0 aliphatic heterocycles. The Labute approximate surface area is 88.7 Å². The molecule has 2 nitrogen and oxygen atoms in total. The molecule has 1 radical (unpaired) electrons. The first-order chi connectivity index (χ1) is 6.19. The molecule has 0 aromatic heterocycles. The zero-order valence-corrected chi connectivity index (χ0v) is 10.3. The van der Waals surface area contributed by atoms with Crippen LogP contribution in [-0.4, -0.2) is 13.5 Å². The zero-order valence-electron chi connectivity index (χ0n) is 10.3. The van der Waals surface area contributed by atoms with Gasteiger partial charge in [-0.2, -0.15) is 0 Å². The lowest BCUT2D eigenvalue weighted by molar-refractivity contribution is -0.145. The lowest BCUT2D eigenvalue weighted by atomic mass is 9.76. The Morgan fingerprint density at radius 2 is 1.71 bits per heavy atom. The summed E-state index contributed by atoms with van der Waals surface area (Å²) in [6.07, 6.45) is 1.59. The first kappa shape index (κ1) is 13.5. The van der Waals surface area contributed by atoms with Gasteiger partial charge in [0.2, 0.25) is 0 Å². The standard InChI is InChI=1S/C11H22BO2/c1-7-12-14-9(13)11(5,6)8-10(2,3)4/h7-8H2,1-6H3. The first-order valence-corrected chi connectivity index (χ1v) is 5.22. The van der Waals surface area contributed by atoms with Gasteiger partial charge in [-0.05, 0) is 32.0 Å². The second-order valence-corrected chi connectivity index (χ2v) is 5.60. The van der Waals surface area contributed by atoms with Crippen LogP contribution in [-0.2, 0) is 9.45 Å². The topological polar surface area (TPSA) is 26.3 Å². The Bertz CT molecular complexity index is 192. The van der Waals surface area contributed by atoms with Crippen molar-refractivity contribution in [3.63, 3.8) is 0 Å². The van der Waals surface area contributed by atoms with Crippen molar-refractivity contribution < 1.29 is 9.45 Å². The molecule has 0 amide bonds. The molecule has 0 rings (SSSR count). The lowest BCUT2D eigenvalue weighted by Crippen LogP contribution is -2.31. The molecule has 0 saturated heterocycles. The van der Waals surface area contributed by atoms with Crippen molar-refractivity contribution >= 4 is 13.5 Å². The maximum absolute atomic E-state index is 11.6. The smallest absolute Gasteiger partial charge is 0.373 e. The van der Waals surface area contributed by atoms with Gasteiger partial charge in [-0.3, -0.25) is 4.79 Å². The Morgan fingerprint density at radius 1 is 1.21 bits per heavy atom. The number of hydrogen-bond acceptors (Lipinski definition) is 2. The summed E-state index contributed by atoms with van der Waals surface area (Å²) < 4.78 is 5.04. The highest BCUT2D eigenvalue weighted by Crippen LogP contribution is 2.33. The SMILES string of the molecule is CC[B]OC(=O)C(C)(C)CC(C)(C)C. The largest absolute Gasteiger partial charge is 0.538 e. The van der Waals surface area contributed by atoms with E-state index in [1.165, 1.54) is 0 Å². The monoisotopic (exact) mass is 197 g/mol. The molecule has 0 aromatic rings. The van der Waals surface area contributed by atoms with Gasteiger partial charge in [0.15, 0.2) is 0 Å². The highest BCUT2D eigenvalue weighted by molar-refractivity contribution is 6.30. The van der Waals surface area contributed by atoms with Crippen LogP contribution in [0.5, 0.6) is 0 Å². The molecule has 0 aliphatic carbocycles. The van der Waals surface area contributed by atoms with Crippen molar-refractivity contribution in [2.75, 3.05) is 0 Å². The van der Waals surface area contributed by atoms with E-state index in [2.05, 4.69) is 20.8 Å². The summed E-state index contributed by atoms with van der Waals surface area (Å²) in [7, 11) is 1.56. The van der Waals surface area contributed by atoms with Gasteiger partial charge in [0.05, 0.1) is 5.41 Å². The lowest BCUT2D eigenvalue weighted by Gasteiger charge is -2.30. The highest BCUT2D eigenvalue weighted by Gasteiger charge is 2.33. The normalized spacial score (nSPS) is 12.4. The van der Waals surface area contributed by atoms with Gasteiger partial charge in [0, 0.05) is 0 Å². The molecule has 0 unspecified atom stereocenters. The van der Waals surface area contributed by atoms with E-state index in [9.17, 15) is 4.79 Å². The summed E-state index contributed by atoms with van der Waals surface area (Å²) in [5.41, 5.74) is -0.251. The Balaban J connectivity index is 4.23. The van der Waals surface area contributed by atoms with Crippen molar-refractivity contribution in [1.82, 2.24) is 0 Å². The van der Waals surface area contributed by atoms with E-state index in [0.29, 0.717) is 0 Å². The molecule has 0 bridgehead atoms. The van der Waals surface area contributed by atoms with E-state index in [4.69, 9.17) is 4.65 Å². The van der Waals surface area contributed by atoms with Crippen LogP contribution < -0.4 is 0 Å². The maximum atomic E-state index is 11.6. The third kappa shape index (κ3) is 5.30. The molecule has 0 aromatic carbocycles. The summed E-state index contributed by atoms with van der Waals surface area (Å²) in [6, 6.07) is 0. The molecule has 3 heteroatoms. The van der Waals surface area contributed by atoms with Crippen molar-refractivity contribution in [2.45, 2.75) is 54.3 Å². The molecule has 0 saturated carbocycles. The zero-order chi connectivity index (χ0) is 11.4. The first-order valence-electron chi connectivity index (χ1n) is 5.22. The molecule has 0 atom stereocenters. The summed E-state index contributed by atoms with van der Waals surface area (Å²) in [4.78, 5) is 11.6. The van der Waals surface area contributed by atoms with Gasteiger partial charge >= 0.3 is 7.48 Å². The van der Waals surface area contributed by atoms with Gasteiger partial charge in [-0.15, -0.1) is 0 Å². The molecule has 81 valence electrons. The Kier molecular flexibility index (Phi) is 4.69. The summed E-state index contributed by atoms with van der Waals surface area (Å²) >= 11 is 0. The van der Waals surface area contributed by atoms with Gasteiger partial charge in [-0.25, -0.2) is 0 Å². The minimum atomic E-state index is -0.399. The summed E-state index contributed by atoms with van der Waals surface area (Å²) in [5, 5.41) is 0. The predicted octanol–water partition coefficient (Wildman–Crippen LogP) is 3.05. The fraction of sp³-hybridized carbons (Fsp3) is 0.909. The minimum Gasteiger partial charge on any atom is -0.538 e. The van der Waals surface area contributed by atoms with E-state index in [1.807, 2.05) is 20.8 Å². The van der Waals surface area contributed by atoms with Crippen molar-refractivity contribution in [1.29, 1.82) is 0 Å². The second kappa shape index (κ2) is 4.85. The van der Waals surface area contributed by atoms with Crippen LogP contribution in [0, 0.1) is 10.8 Å². The van der Waals surface area contributed by atoms with Crippen LogP contribution in [0.2, 0.25) is 6.32 Å². The highest BCUT2D eigenvalue weighted by atomic mass is 16.5. The van der Waals surface area contributed by atoms with Gasteiger partial charge < -0.3 is 4.65 Å². The molecule has 0 heterocycles. The molecule has 0 fully saturated rings. The summed E-state index contributed by atoms with van der Waals surface area (Å²) in [5.74, 6) is -0.130. The van der Waals surface area contributed by atoms with Crippen LogP contribution in [0.4, 0.5) is 0 Å². The van der Waals surface area contributed by atoms with Crippen molar-refractivity contribution in [3.05, 3.63) is 0 Å². The van der Waals surface area contributed by atoms with E-state index in [1.54, 1.807) is 7.48 Å². The minimum absolute atomic E-state index is 0.130. The average molecular weight is 197 g/mol. The van der Waals surface area contributed by atoms with Crippen LogP contribution in [0.25, 0.3) is 0 Å². The van der Waals surface area contributed by atoms with E-state index >= 15 is 0 Å². The Morgan fingerprint density at radius 3 is 2.07 bits per heavy atom. The maximum Gasteiger partial charge on any atom is 0.373 e. The molecule has 0 spiro atoms. The van der Waals surface area contributed by atoms with Gasteiger partial charge in [0.1, 0.15) is 0 Å². The number of carbonyl (C=O) groups is 1. The Hall–Kier alpha value is -0.465. The fourth-order valence-corrected chi connectivity index (χ4v) is 1.72. The average Bonchev–Trinajstić information content (AvgIpc) is 1.95. The van der Waals surface area contributed by atoms with Crippen LogP contribution >= 0.6 is 0 Å². The predicted molar refractivity (Wildman–Crippen MR) is 60.2 cm³/mol. The molecular formula is C11H22BO2. The van der Waals surface area contributed by atoms with E-state index < -0.39 is 5.41 Å². The quantitative estimate of drug-likeness (QED) is 0.647. The molecule has 14 heavy (non-hydrogen) atoms. The third-order valence-corrected chi connectivity index (χ3v) is 1.88. The molecular weight excluding hydrogens is 175 g/mol. The van der Waals surface area contributed by atoms with Gasteiger partial charge in [0.25, 0.3) is 5.97 Å². The number of hydrogen-bond donors (Lipinski definition) is 0. The van der Waals surface area contributed by atoms with Crippen LogP contribution in [0.3, 0.4) is 0 Å². The van der Waals surface area contributed by atoms with E-state index in [-0.39, 0.29) is 11.4 Å². The second-order valence-electron chi connectivity index (χ2n) is 5.60. The van der Waals surface area contributed by atoms with Gasteiger partial charge in [-0.1, -0.05) is 27.7 Å². The van der Waals surface area contributed by atoms with Crippen molar-refractivity contribution in [3.8, 4) is 0 Å².